The second-order valence-corrected chi connectivity index (χ2v) is 20.6. The molecule has 0 radical (unpaired) electrons. The highest BCUT2D eigenvalue weighted by atomic mass is 16.8. The van der Waals surface area contributed by atoms with Gasteiger partial charge in [-0.3, -0.25) is 4.79 Å². The van der Waals surface area contributed by atoms with E-state index in [1.54, 1.807) is 0 Å². The lowest BCUT2D eigenvalue weighted by molar-refractivity contribution is -0.388. The van der Waals surface area contributed by atoms with Crippen LogP contribution in [0.3, 0.4) is 0 Å². The van der Waals surface area contributed by atoms with Gasteiger partial charge in [-0.1, -0.05) is 6.07 Å². The van der Waals surface area contributed by atoms with Crippen LogP contribution in [0.1, 0.15) is 19.4 Å². The van der Waals surface area contributed by atoms with Crippen molar-refractivity contribution in [2.24, 2.45) is 0 Å². The molecule has 5 saturated heterocycles. The van der Waals surface area contributed by atoms with Crippen LogP contribution < -0.4 is 14.9 Å². The maximum Gasteiger partial charge on any atom is 0.330 e. The van der Waals surface area contributed by atoms with E-state index >= 15 is 0 Å². The highest BCUT2D eigenvalue weighted by molar-refractivity contribution is 5.88. The normalized spacial score (nSPS) is 38.4. The smallest absolute Gasteiger partial charge is 0.330 e. The second kappa shape index (κ2) is 25.9. The molecular weight excluding hydrogens is 1130 g/mol. The van der Waals surface area contributed by atoms with E-state index < -0.39 is 224 Å². The van der Waals surface area contributed by atoms with Crippen molar-refractivity contribution in [2.45, 2.75) is 161 Å². The first-order valence-corrected chi connectivity index (χ1v) is 26.2. The number of ether oxygens (including phenoxy) is 11. The quantitative estimate of drug-likeness (QED) is 0.0284. The number of fused-ring (bicyclic) bond motifs is 1. The van der Waals surface area contributed by atoms with Crippen LogP contribution in [0.2, 0.25) is 0 Å². The first kappa shape index (κ1) is 62.6. The van der Waals surface area contributed by atoms with Gasteiger partial charge in [0.15, 0.2) is 42.2 Å². The summed E-state index contributed by atoms with van der Waals surface area (Å²) in [6, 6.07) is 10.6. The molecule has 0 bridgehead atoms. The monoisotopic (exact) mass is 1200 g/mol. The third kappa shape index (κ3) is 12.9. The molecule has 0 amide bonds. The molecule has 17 N–H and O–H groups in total. The number of aliphatic hydroxyl groups excluding tert-OH is 13. The lowest BCUT2D eigenvalue weighted by atomic mass is 9.96. The number of phenols is 4. The summed E-state index contributed by atoms with van der Waals surface area (Å²) < 4.78 is 69.6. The number of phenolic OH excluding ortho intramolecular Hbond substituents is 4. The number of carbonyl (C=O) groups is 1. The molecule has 24 atom stereocenters. The lowest BCUT2D eigenvalue weighted by Crippen LogP contribution is -2.67. The summed E-state index contributed by atoms with van der Waals surface area (Å²) in [5.74, 6) is -4.61. The topological polar surface area (TPSA) is 493 Å². The van der Waals surface area contributed by atoms with Gasteiger partial charge in [0.25, 0.3) is 0 Å². The van der Waals surface area contributed by atoms with Gasteiger partial charge in [-0.05, 0) is 61.9 Å². The Morgan fingerprint density at radius 2 is 1.15 bits per heavy atom. The summed E-state index contributed by atoms with van der Waals surface area (Å²) in [6.07, 6.45) is -41.0. The van der Waals surface area contributed by atoms with Crippen LogP contribution in [0.15, 0.2) is 69.9 Å². The fourth-order valence-electron chi connectivity index (χ4n) is 9.84. The van der Waals surface area contributed by atoms with Gasteiger partial charge in [0.05, 0.1) is 25.4 Å². The molecule has 24 unspecified atom stereocenters. The van der Waals surface area contributed by atoms with Crippen LogP contribution in [0.25, 0.3) is 28.4 Å². The van der Waals surface area contributed by atoms with Crippen LogP contribution in [0.5, 0.6) is 34.5 Å². The van der Waals surface area contributed by atoms with Gasteiger partial charge >= 0.3 is 5.97 Å². The van der Waals surface area contributed by atoms with E-state index in [9.17, 15) is 96.4 Å². The summed E-state index contributed by atoms with van der Waals surface area (Å²) in [7, 11) is 0. The molecule has 5 aliphatic heterocycles. The van der Waals surface area contributed by atoms with Crippen LogP contribution in [-0.2, 0) is 47.4 Å². The molecule has 84 heavy (non-hydrogen) atoms. The number of hydrogen-bond acceptors (Lipinski definition) is 31. The third-order valence-electron chi connectivity index (χ3n) is 14.7. The average molecular weight is 1200 g/mol. The minimum Gasteiger partial charge on any atom is -0.508 e. The molecule has 3 aromatic carbocycles. The highest BCUT2D eigenvalue weighted by Gasteiger charge is 2.55. The SMILES string of the molecule is CC1OC(OC2COC(Oc3ccc(-c4oc5cc(O)cc(O)c5c(=O)c4OC4OC(C)C(O)C(O)C4OC4OC(COC(=O)C=Cc5ccc(O)c(O)c5)C(O)C(O)C4OC4OC(CO)C(O)C(O)C4O)cc3)C(O)C2O)C(O)C(O)C1O. The zero-order valence-electron chi connectivity index (χ0n) is 44.1. The number of aliphatic hydroxyl groups is 13. The van der Waals surface area contributed by atoms with Crippen LogP contribution in [0, 0.1) is 0 Å². The second-order valence-electron chi connectivity index (χ2n) is 20.6. The standard InChI is InChI=1S/C53H64O31/c1-17-32(60)38(66)43(71)50(75-17)80-29-16-74-49(42(70)36(29)64)77-22-7-5-20(6-8-22)45-46(37(65)31-25(58)12-21(55)13-26(31)78-45)82-52-47(40(68)33(61)18(2)76-52)84-53-48(83-51-44(72)39(67)34(62)27(14-54)79-51)41(69)35(63)28(81-53)15-73-30(59)10-4-19-3-9-23(56)24(57)11-19/h3-13,17-18,27-29,32-36,38-44,47-58,60-64,66-72H,14-16H2,1-2H3. The fraction of sp³-hybridized carbons (Fsp3) is 0.547. The van der Waals surface area contributed by atoms with Crippen molar-refractivity contribution >= 4 is 23.0 Å². The van der Waals surface area contributed by atoms with Crippen molar-refractivity contribution < 1.29 is 148 Å². The Bertz CT molecular complexity index is 2990. The summed E-state index contributed by atoms with van der Waals surface area (Å²) >= 11 is 0. The van der Waals surface area contributed by atoms with E-state index in [-0.39, 0.29) is 16.9 Å². The Kier molecular flexibility index (Phi) is 19.3. The molecule has 0 saturated carbocycles. The predicted molar refractivity (Wildman–Crippen MR) is 272 cm³/mol. The molecular formula is C53H64O31. The molecule has 6 heterocycles. The Hall–Kier alpha value is -5.96. The Morgan fingerprint density at radius 1 is 0.571 bits per heavy atom. The van der Waals surface area contributed by atoms with Crippen molar-refractivity contribution in [3.63, 3.8) is 0 Å². The lowest BCUT2D eigenvalue weighted by Gasteiger charge is -2.48. The van der Waals surface area contributed by atoms with Crippen molar-refractivity contribution in [3.8, 4) is 45.8 Å². The minimum atomic E-state index is -2.21. The number of hydrogen-bond donors (Lipinski definition) is 17. The average Bonchev–Trinajstić information content (AvgIpc) is 1.20. The van der Waals surface area contributed by atoms with E-state index in [1.165, 1.54) is 50.3 Å². The van der Waals surface area contributed by atoms with Gasteiger partial charge in [-0.15, -0.1) is 0 Å². The van der Waals surface area contributed by atoms with E-state index in [0.717, 1.165) is 30.3 Å². The van der Waals surface area contributed by atoms with Crippen molar-refractivity contribution in [3.05, 3.63) is 76.5 Å². The molecule has 9 rings (SSSR count). The van der Waals surface area contributed by atoms with Gasteiger partial charge in [-0.2, -0.15) is 0 Å². The molecule has 462 valence electrons. The number of benzene rings is 3. The highest BCUT2D eigenvalue weighted by Crippen LogP contribution is 2.40. The number of carbonyl (C=O) groups excluding carboxylic acids is 1. The molecule has 4 aromatic rings. The number of aromatic hydroxyl groups is 4. The van der Waals surface area contributed by atoms with E-state index in [2.05, 4.69) is 0 Å². The Balaban J connectivity index is 0.991. The van der Waals surface area contributed by atoms with Gasteiger partial charge in [0, 0.05) is 23.8 Å². The van der Waals surface area contributed by atoms with E-state index in [1.807, 2.05) is 0 Å². The largest absolute Gasteiger partial charge is 0.508 e. The summed E-state index contributed by atoms with van der Waals surface area (Å²) in [4.78, 5) is 27.5. The Labute approximate surface area is 473 Å². The zero-order valence-corrected chi connectivity index (χ0v) is 44.1. The molecule has 0 aliphatic carbocycles. The van der Waals surface area contributed by atoms with Crippen molar-refractivity contribution in [2.75, 3.05) is 19.8 Å². The van der Waals surface area contributed by atoms with Gasteiger partial charge in [-0.25, -0.2) is 4.79 Å². The molecule has 1 aromatic heterocycles. The van der Waals surface area contributed by atoms with Crippen LogP contribution >= 0.6 is 0 Å². The van der Waals surface area contributed by atoms with Crippen molar-refractivity contribution in [1.82, 2.24) is 0 Å². The van der Waals surface area contributed by atoms with Crippen LogP contribution in [-0.4, -0.2) is 260 Å². The van der Waals surface area contributed by atoms with E-state index in [0.29, 0.717) is 0 Å². The van der Waals surface area contributed by atoms with Gasteiger partial charge in [0.2, 0.25) is 23.8 Å². The van der Waals surface area contributed by atoms with Gasteiger partial charge in [0.1, 0.15) is 132 Å². The number of rotatable bonds is 16. The molecule has 5 fully saturated rings. The van der Waals surface area contributed by atoms with Crippen LogP contribution in [0.4, 0.5) is 0 Å². The molecule has 31 nitrogen and oxygen atoms in total. The Morgan fingerprint density at radius 3 is 1.83 bits per heavy atom. The zero-order chi connectivity index (χ0) is 60.7. The maximum absolute atomic E-state index is 14.6. The van der Waals surface area contributed by atoms with E-state index in [4.69, 9.17) is 56.5 Å². The van der Waals surface area contributed by atoms with Crippen molar-refractivity contribution in [1.29, 1.82) is 0 Å². The predicted octanol–water partition coefficient (Wildman–Crippen LogP) is -4.93. The fourth-order valence-corrected chi connectivity index (χ4v) is 9.84. The molecule has 31 heteroatoms. The minimum absolute atomic E-state index is 0.0126. The maximum atomic E-state index is 14.6. The first-order valence-electron chi connectivity index (χ1n) is 26.2. The summed E-state index contributed by atoms with van der Waals surface area (Å²) in [5, 5.41) is 181. The molecule has 5 aliphatic rings. The third-order valence-corrected chi connectivity index (χ3v) is 14.7. The summed E-state index contributed by atoms with van der Waals surface area (Å²) in [5.41, 5.74) is -1.29. The van der Waals surface area contributed by atoms with Gasteiger partial charge < -0.3 is 143 Å². The molecule has 0 spiro atoms. The first-order chi connectivity index (χ1) is 39.8. The number of esters is 1. The summed E-state index contributed by atoms with van der Waals surface area (Å²) in [6.45, 7) is 0.475.